The maximum Gasteiger partial charge on any atom is 0.128 e. The molecule has 4 unspecified atom stereocenters. The van der Waals surface area contributed by atoms with Crippen molar-refractivity contribution in [3.63, 3.8) is 0 Å². The van der Waals surface area contributed by atoms with Crippen molar-refractivity contribution in [3.05, 3.63) is 34.9 Å². The molecule has 1 aromatic rings. The average Bonchev–Trinajstić information content (AvgIpc) is 3.05. The predicted octanol–water partition coefficient (Wildman–Crippen LogP) is 4.75. The maximum atomic E-state index is 14.3. The molecule has 1 aromatic carbocycles. The summed E-state index contributed by atoms with van der Waals surface area (Å²) in [6, 6.07) is 2.66. The molecule has 1 nitrogen and oxygen atoms in total. The summed E-state index contributed by atoms with van der Waals surface area (Å²) in [4.78, 5) is 0. The molecule has 2 fully saturated rings. The fraction of sp³-hybridized carbons (Fsp3) is 0.667. The van der Waals surface area contributed by atoms with Crippen molar-refractivity contribution in [2.75, 3.05) is 6.54 Å². The molecule has 4 atom stereocenters. The number of aryl methyl sites for hydroxylation is 1. The minimum atomic E-state index is -0.303. The average molecular weight is 293 g/mol. The summed E-state index contributed by atoms with van der Waals surface area (Å²) in [6.07, 6.45) is 6.28. The second-order valence-corrected chi connectivity index (χ2v) is 6.90. The van der Waals surface area contributed by atoms with E-state index in [4.69, 9.17) is 0 Å². The fourth-order valence-corrected chi connectivity index (χ4v) is 4.46. The highest BCUT2D eigenvalue weighted by molar-refractivity contribution is 5.28. The lowest BCUT2D eigenvalue weighted by Gasteiger charge is -2.28. The summed E-state index contributed by atoms with van der Waals surface area (Å²) >= 11 is 0. The molecule has 0 aliphatic heterocycles. The molecular weight excluding hydrogens is 268 g/mol. The summed E-state index contributed by atoms with van der Waals surface area (Å²) in [7, 11) is 0. The molecule has 2 aliphatic rings. The molecule has 0 amide bonds. The summed E-state index contributed by atoms with van der Waals surface area (Å²) in [5.74, 6) is 1.80. The lowest BCUT2D eigenvalue weighted by molar-refractivity contribution is 0.277. The highest BCUT2D eigenvalue weighted by atomic mass is 19.1. The van der Waals surface area contributed by atoms with Crippen LogP contribution in [0.2, 0.25) is 0 Å². The van der Waals surface area contributed by atoms with Crippen molar-refractivity contribution >= 4 is 0 Å². The van der Waals surface area contributed by atoms with Crippen molar-refractivity contribution in [3.8, 4) is 0 Å². The van der Waals surface area contributed by atoms with Crippen molar-refractivity contribution in [2.45, 2.75) is 52.0 Å². The number of hydrogen-bond donors (Lipinski definition) is 1. The van der Waals surface area contributed by atoms with Gasteiger partial charge in [0.25, 0.3) is 0 Å². The van der Waals surface area contributed by atoms with Crippen LogP contribution >= 0.6 is 0 Å². The van der Waals surface area contributed by atoms with E-state index < -0.39 is 0 Å². The Balaban J connectivity index is 1.79. The quantitative estimate of drug-likeness (QED) is 0.826. The Kier molecular flexibility index (Phi) is 4.30. The first-order valence-corrected chi connectivity index (χ1v) is 8.27. The molecule has 0 saturated heterocycles. The van der Waals surface area contributed by atoms with E-state index in [9.17, 15) is 8.78 Å². The van der Waals surface area contributed by atoms with E-state index in [1.54, 1.807) is 6.92 Å². The number of halogens is 2. The Morgan fingerprint density at radius 2 is 2.00 bits per heavy atom. The van der Waals surface area contributed by atoms with Crippen LogP contribution < -0.4 is 5.32 Å². The summed E-state index contributed by atoms with van der Waals surface area (Å²) < 4.78 is 28.1. The Morgan fingerprint density at radius 3 is 2.62 bits per heavy atom. The second kappa shape index (κ2) is 6.04. The van der Waals surface area contributed by atoms with E-state index in [2.05, 4.69) is 5.32 Å². The Bertz CT molecular complexity index is 514. The van der Waals surface area contributed by atoms with Crippen LogP contribution in [0.4, 0.5) is 8.78 Å². The van der Waals surface area contributed by atoms with Gasteiger partial charge in [-0.15, -0.1) is 0 Å². The SMILES string of the molecule is CCNC(CC1CC2CCC1C2)c1cc(F)c(C)cc1F. The van der Waals surface area contributed by atoms with Crippen LogP contribution in [0.5, 0.6) is 0 Å². The topological polar surface area (TPSA) is 12.0 Å². The lowest BCUT2D eigenvalue weighted by atomic mass is 9.82. The third kappa shape index (κ3) is 2.98. The van der Waals surface area contributed by atoms with Gasteiger partial charge < -0.3 is 5.32 Å². The molecule has 2 bridgehead atoms. The van der Waals surface area contributed by atoms with Gasteiger partial charge in [0.1, 0.15) is 11.6 Å². The molecule has 3 rings (SSSR count). The van der Waals surface area contributed by atoms with Gasteiger partial charge >= 0.3 is 0 Å². The third-order valence-corrected chi connectivity index (χ3v) is 5.53. The van der Waals surface area contributed by atoms with E-state index >= 15 is 0 Å². The zero-order valence-electron chi connectivity index (χ0n) is 13.0. The van der Waals surface area contributed by atoms with Crippen LogP contribution in [-0.4, -0.2) is 6.54 Å². The largest absolute Gasteiger partial charge is 0.310 e. The van der Waals surface area contributed by atoms with Gasteiger partial charge in [-0.2, -0.15) is 0 Å². The Hall–Kier alpha value is -0.960. The van der Waals surface area contributed by atoms with E-state index in [-0.39, 0.29) is 17.7 Å². The minimum Gasteiger partial charge on any atom is -0.310 e. The second-order valence-electron chi connectivity index (χ2n) is 6.90. The molecule has 21 heavy (non-hydrogen) atoms. The van der Waals surface area contributed by atoms with Crippen LogP contribution in [-0.2, 0) is 0 Å². The summed E-state index contributed by atoms with van der Waals surface area (Å²) in [5, 5.41) is 3.37. The van der Waals surface area contributed by atoms with Crippen molar-refractivity contribution < 1.29 is 8.78 Å². The maximum absolute atomic E-state index is 14.3. The molecule has 0 spiro atoms. The Labute approximate surface area is 126 Å². The molecule has 2 aliphatic carbocycles. The van der Waals surface area contributed by atoms with Crippen molar-refractivity contribution in [1.82, 2.24) is 5.32 Å². The number of hydrogen-bond acceptors (Lipinski definition) is 1. The lowest BCUT2D eigenvalue weighted by Crippen LogP contribution is -2.26. The normalized spacial score (nSPS) is 29.0. The zero-order valence-corrected chi connectivity index (χ0v) is 13.0. The van der Waals surface area contributed by atoms with Crippen LogP contribution in [0.1, 0.15) is 56.2 Å². The summed E-state index contributed by atoms with van der Waals surface area (Å²) in [5.41, 5.74) is 0.883. The molecule has 0 aromatic heterocycles. The zero-order chi connectivity index (χ0) is 15.0. The monoisotopic (exact) mass is 293 g/mol. The van der Waals surface area contributed by atoms with E-state index in [1.165, 1.54) is 37.8 Å². The number of fused-ring (bicyclic) bond motifs is 2. The van der Waals surface area contributed by atoms with Gasteiger partial charge in [0.15, 0.2) is 0 Å². The van der Waals surface area contributed by atoms with Gasteiger partial charge in [0.2, 0.25) is 0 Å². The third-order valence-electron chi connectivity index (χ3n) is 5.53. The molecular formula is C18H25F2N. The van der Waals surface area contributed by atoms with Crippen molar-refractivity contribution in [2.24, 2.45) is 17.8 Å². The van der Waals surface area contributed by atoms with E-state index in [0.29, 0.717) is 17.0 Å². The molecule has 0 heterocycles. The van der Waals surface area contributed by atoms with Gasteiger partial charge in [-0.05, 0) is 74.6 Å². The molecule has 1 N–H and O–H groups in total. The van der Waals surface area contributed by atoms with E-state index in [1.807, 2.05) is 6.92 Å². The number of nitrogens with one attached hydrogen (secondary N) is 1. The first kappa shape index (κ1) is 15.0. The smallest absolute Gasteiger partial charge is 0.128 e. The van der Waals surface area contributed by atoms with Crippen LogP contribution in [0.25, 0.3) is 0 Å². The predicted molar refractivity (Wildman–Crippen MR) is 81.1 cm³/mol. The molecule has 3 heteroatoms. The number of rotatable bonds is 5. The molecule has 0 radical (unpaired) electrons. The van der Waals surface area contributed by atoms with Crippen LogP contribution in [0.15, 0.2) is 12.1 Å². The first-order chi connectivity index (χ1) is 10.1. The van der Waals surface area contributed by atoms with Crippen LogP contribution in [0, 0.1) is 36.3 Å². The highest BCUT2D eigenvalue weighted by Crippen LogP contribution is 2.51. The van der Waals surface area contributed by atoms with Gasteiger partial charge in [0, 0.05) is 11.6 Å². The van der Waals surface area contributed by atoms with Gasteiger partial charge in [-0.3, -0.25) is 0 Å². The molecule has 2 saturated carbocycles. The standard InChI is InChI=1S/C18H25F2N/c1-3-21-18(9-14-8-12-4-5-13(14)7-12)15-10-16(19)11(2)6-17(15)20/h6,10,12-14,18,21H,3-5,7-9H2,1-2H3. The van der Waals surface area contributed by atoms with Gasteiger partial charge in [0.05, 0.1) is 0 Å². The fourth-order valence-electron chi connectivity index (χ4n) is 4.46. The molecule has 116 valence electrons. The Morgan fingerprint density at radius 1 is 1.19 bits per heavy atom. The van der Waals surface area contributed by atoms with Gasteiger partial charge in [-0.25, -0.2) is 8.78 Å². The first-order valence-electron chi connectivity index (χ1n) is 8.27. The van der Waals surface area contributed by atoms with Crippen molar-refractivity contribution in [1.29, 1.82) is 0 Å². The van der Waals surface area contributed by atoms with Gasteiger partial charge in [-0.1, -0.05) is 13.3 Å². The minimum absolute atomic E-state index is 0.0607. The number of benzene rings is 1. The van der Waals surface area contributed by atoms with Crippen LogP contribution in [0.3, 0.4) is 0 Å². The highest BCUT2D eigenvalue weighted by Gasteiger charge is 2.40. The summed E-state index contributed by atoms with van der Waals surface area (Å²) in [6.45, 7) is 4.41. The van der Waals surface area contributed by atoms with E-state index in [0.717, 1.165) is 24.8 Å².